The lowest BCUT2D eigenvalue weighted by molar-refractivity contribution is 0.00693. The average molecular weight is 359 g/mol. The van der Waals surface area contributed by atoms with Gasteiger partial charge in [0.15, 0.2) is 0 Å². The van der Waals surface area contributed by atoms with Gasteiger partial charge < -0.3 is 15.4 Å². The van der Waals surface area contributed by atoms with Crippen LogP contribution in [0.3, 0.4) is 0 Å². The summed E-state index contributed by atoms with van der Waals surface area (Å²) >= 11 is 0. The number of rotatable bonds is 6. The summed E-state index contributed by atoms with van der Waals surface area (Å²) in [6.45, 7) is 6.50. The minimum atomic E-state index is -0.466. The maximum Gasteiger partial charge on any atom is 0.338 e. The number of ether oxygens (including phenoxy) is 1. The molecule has 0 radical (unpaired) electrons. The number of hydrogen-bond donors (Lipinski definition) is 2. The van der Waals surface area contributed by atoms with Crippen molar-refractivity contribution in [2.45, 2.75) is 89.4 Å². The molecule has 2 aliphatic carbocycles. The first kappa shape index (κ1) is 19.4. The van der Waals surface area contributed by atoms with E-state index in [4.69, 9.17) is 4.74 Å². The van der Waals surface area contributed by atoms with Gasteiger partial charge in [0.2, 0.25) is 0 Å². The summed E-state index contributed by atoms with van der Waals surface area (Å²) in [5.41, 5.74) is 2.82. The fourth-order valence-corrected chi connectivity index (χ4v) is 3.97. The quantitative estimate of drug-likeness (QED) is 0.751. The van der Waals surface area contributed by atoms with Crippen LogP contribution in [0.25, 0.3) is 0 Å². The Kier molecular flexibility index (Phi) is 6.03. The van der Waals surface area contributed by atoms with Crippen molar-refractivity contribution in [1.29, 1.82) is 0 Å². The number of esters is 1. The van der Waals surface area contributed by atoms with Gasteiger partial charge in [0.1, 0.15) is 5.60 Å². The highest BCUT2D eigenvalue weighted by atomic mass is 16.6. The molecule has 144 valence electrons. The van der Waals surface area contributed by atoms with Gasteiger partial charge in [-0.15, -0.1) is 0 Å². The molecule has 0 bridgehead atoms. The Bertz CT molecular complexity index is 624. The lowest BCUT2D eigenvalue weighted by Gasteiger charge is -2.31. The molecule has 1 aromatic carbocycles. The van der Waals surface area contributed by atoms with Crippen molar-refractivity contribution >= 4 is 5.97 Å². The maximum absolute atomic E-state index is 12.4. The molecule has 1 aromatic rings. The van der Waals surface area contributed by atoms with Crippen molar-refractivity contribution < 1.29 is 9.53 Å². The fourth-order valence-electron chi connectivity index (χ4n) is 3.97. The van der Waals surface area contributed by atoms with Crippen LogP contribution in [0.4, 0.5) is 0 Å². The Morgan fingerprint density at radius 2 is 1.69 bits per heavy atom. The van der Waals surface area contributed by atoms with E-state index in [1.165, 1.54) is 49.7 Å². The second-order valence-corrected chi connectivity index (χ2v) is 8.94. The Morgan fingerprint density at radius 3 is 2.23 bits per heavy atom. The van der Waals surface area contributed by atoms with Crippen LogP contribution in [0.2, 0.25) is 0 Å². The first-order chi connectivity index (χ1) is 12.4. The van der Waals surface area contributed by atoms with E-state index in [-0.39, 0.29) is 5.97 Å². The molecular formula is C22H34N2O2. The van der Waals surface area contributed by atoms with Gasteiger partial charge in [-0.2, -0.15) is 0 Å². The molecule has 3 rings (SSSR count). The summed E-state index contributed by atoms with van der Waals surface area (Å²) in [6.07, 6.45) is 7.69. The second-order valence-electron chi connectivity index (χ2n) is 8.94. The molecule has 4 nitrogen and oxygen atoms in total. The van der Waals surface area contributed by atoms with Crippen LogP contribution in [0.15, 0.2) is 18.2 Å². The van der Waals surface area contributed by atoms with Gasteiger partial charge >= 0.3 is 5.97 Å². The largest absolute Gasteiger partial charge is 0.456 e. The zero-order valence-electron chi connectivity index (χ0n) is 16.7. The number of nitrogens with one attached hydrogen (secondary N) is 2. The monoisotopic (exact) mass is 358 g/mol. The van der Waals surface area contributed by atoms with Gasteiger partial charge in [-0.1, -0.05) is 6.07 Å². The molecule has 0 aromatic heterocycles. The predicted molar refractivity (Wildman–Crippen MR) is 106 cm³/mol. The van der Waals surface area contributed by atoms with Crippen LogP contribution in [-0.4, -0.2) is 30.7 Å². The van der Waals surface area contributed by atoms with Crippen molar-refractivity contribution in [3.63, 3.8) is 0 Å². The van der Waals surface area contributed by atoms with E-state index in [1.54, 1.807) is 0 Å². The number of hydrogen-bond acceptors (Lipinski definition) is 4. The zero-order chi connectivity index (χ0) is 18.7. The molecule has 0 atom stereocenters. The van der Waals surface area contributed by atoms with Crippen molar-refractivity contribution in [3.8, 4) is 0 Å². The van der Waals surface area contributed by atoms with Crippen molar-refractivity contribution in [3.05, 3.63) is 34.9 Å². The molecule has 2 aliphatic rings. The summed E-state index contributed by atoms with van der Waals surface area (Å²) in [7, 11) is 1.96. The standard InChI is InChI=1S/C22H34N2O2/c1-22(2,3)26-21(25)16-7-12-20(17(13-16)14-23-4)15-5-8-18(9-6-15)24-19-10-11-19/h7,12-13,15,18-19,23-24H,5-6,8-11,14H2,1-4H3. The van der Waals surface area contributed by atoms with E-state index in [2.05, 4.69) is 16.7 Å². The number of benzene rings is 1. The smallest absolute Gasteiger partial charge is 0.338 e. The van der Waals surface area contributed by atoms with Crippen molar-refractivity contribution in [2.75, 3.05) is 7.05 Å². The minimum absolute atomic E-state index is 0.237. The van der Waals surface area contributed by atoms with Crippen molar-refractivity contribution in [1.82, 2.24) is 10.6 Å². The lowest BCUT2D eigenvalue weighted by atomic mass is 9.79. The minimum Gasteiger partial charge on any atom is -0.456 e. The van der Waals surface area contributed by atoms with E-state index in [0.29, 0.717) is 17.5 Å². The Morgan fingerprint density at radius 1 is 1.08 bits per heavy atom. The normalized spacial score (nSPS) is 23.7. The van der Waals surface area contributed by atoms with Crippen molar-refractivity contribution in [2.24, 2.45) is 0 Å². The molecule has 2 N–H and O–H groups in total. The van der Waals surface area contributed by atoms with Crippen LogP contribution in [0, 0.1) is 0 Å². The number of carbonyl (C=O) groups is 1. The first-order valence-electron chi connectivity index (χ1n) is 10.1. The molecule has 0 heterocycles. The highest BCUT2D eigenvalue weighted by Gasteiger charge is 2.29. The number of carbonyl (C=O) groups excluding carboxylic acids is 1. The summed E-state index contributed by atoms with van der Waals surface area (Å²) in [4.78, 5) is 12.4. The molecule has 0 saturated heterocycles. The van der Waals surface area contributed by atoms with Gasteiger partial charge in [0.25, 0.3) is 0 Å². The Labute approximate surface area is 158 Å². The van der Waals surface area contributed by atoms with Gasteiger partial charge in [-0.25, -0.2) is 4.79 Å². The van der Waals surface area contributed by atoms with Gasteiger partial charge in [-0.05, 0) is 95.5 Å². The molecule has 0 spiro atoms. The SMILES string of the molecule is CNCc1cc(C(=O)OC(C)(C)C)ccc1C1CCC(NC2CC2)CC1. The molecule has 2 saturated carbocycles. The fraction of sp³-hybridized carbons (Fsp3) is 0.682. The summed E-state index contributed by atoms with van der Waals surface area (Å²) in [6, 6.07) is 7.62. The Hall–Kier alpha value is -1.39. The third-order valence-electron chi connectivity index (χ3n) is 5.36. The van der Waals surface area contributed by atoms with Gasteiger partial charge in [-0.3, -0.25) is 0 Å². The summed E-state index contributed by atoms with van der Waals surface area (Å²) in [5, 5.41) is 7.03. The van der Waals surface area contributed by atoms with Crippen LogP contribution in [-0.2, 0) is 11.3 Å². The average Bonchev–Trinajstić information content (AvgIpc) is 3.38. The van der Waals surface area contributed by atoms with E-state index in [9.17, 15) is 4.79 Å². The third-order valence-corrected chi connectivity index (χ3v) is 5.36. The summed E-state index contributed by atoms with van der Waals surface area (Å²) in [5.74, 6) is 0.363. The maximum atomic E-state index is 12.4. The molecule has 0 unspecified atom stereocenters. The lowest BCUT2D eigenvalue weighted by Crippen LogP contribution is -2.34. The molecule has 26 heavy (non-hydrogen) atoms. The van der Waals surface area contributed by atoms with E-state index >= 15 is 0 Å². The second kappa shape index (κ2) is 8.10. The van der Waals surface area contributed by atoms with Crippen LogP contribution in [0.5, 0.6) is 0 Å². The van der Waals surface area contributed by atoms with E-state index in [0.717, 1.165) is 12.6 Å². The van der Waals surface area contributed by atoms with E-state index in [1.807, 2.05) is 40.0 Å². The highest BCUT2D eigenvalue weighted by molar-refractivity contribution is 5.90. The van der Waals surface area contributed by atoms with Gasteiger partial charge in [0.05, 0.1) is 5.56 Å². The molecule has 4 heteroatoms. The highest BCUT2D eigenvalue weighted by Crippen LogP contribution is 2.36. The molecule has 0 amide bonds. The van der Waals surface area contributed by atoms with Crippen LogP contribution in [0.1, 0.15) is 86.7 Å². The summed E-state index contributed by atoms with van der Waals surface area (Å²) < 4.78 is 5.53. The van der Waals surface area contributed by atoms with Crippen LogP contribution < -0.4 is 10.6 Å². The predicted octanol–water partition coefficient (Wildman–Crippen LogP) is 4.14. The molecule has 0 aliphatic heterocycles. The third kappa shape index (κ3) is 5.31. The Balaban J connectivity index is 1.69. The molecule has 2 fully saturated rings. The van der Waals surface area contributed by atoms with E-state index < -0.39 is 5.60 Å². The topological polar surface area (TPSA) is 50.4 Å². The zero-order valence-corrected chi connectivity index (χ0v) is 16.7. The van der Waals surface area contributed by atoms with Crippen LogP contribution >= 0.6 is 0 Å². The first-order valence-corrected chi connectivity index (χ1v) is 10.1. The molecular weight excluding hydrogens is 324 g/mol. The van der Waals surface area contributed by atoms with Gasteiger partial charge in [0, 0.05) is 18.6 Å².